The molecule has 3 N–H and O–H groups in total. The van der Waals surface area contributed by atoms with Crippen LogP contribution in [0.4, 0.5) is 0 Å². The third-order valence-corrected chi connectivity index (χ3v) is 3.96. The highest BCUT2D eigenvalue weighted by atomic mass is 16.3. The van der Waals surface area contributed by atoms with Crippen LogP contribution in [-0.4, -0.2) is 51.1 Å². The van der Waals surface area contributed by atoms with Gasteiger partial charge in [0.1, 0.15) is 12.6 Å². The first kappa shape index (κ1) is 20.1. The molecule has 0 spiro atoms. The van der Waals surface area contributed by atoms with Gasteiger partial charge in [0, 0.05) is 25.4 Å². The van der Waals surface area contributed by atoms with Crippen LogP contribution in [0.1, 0.15) is 11.1 Å². The lowest BCUT2D eigenvalue weighted by Gasteiger charge is -2.23. The first-order valence-corrected chi connectivity index (χ1v) is 8.31. The van der Waals surface area contributed by atoms with Gasteiger partial charge >= 0.3 is 5.69 Å². The first-order valence-electron chi connectivity index (χ1n) is 8.31. The van der Waals surface area contributed by atoms with Crippen LogP contribution >= 0.6 is 0 Å². The lowest BCUT2D eigenvalue weighted by Crippen LogP contribution is -2.50. The summed E-state index contributed by atoms with van der Waals surface area (Å²) in [6, 6.07) is 8.15. The molecule has 0 radical (unpaired) electrons. The van der Waals surface area contributed by atoms with Gasteiger partial charge in [-0.2, -0.15) is 0 Å². The molecule has 2 amide bonds. The molecule has 1 aromatic heterocycles. The van der Waals surface area contributed by atoms with Gasteiger partial charge < -0.3 is 15.3 Å². The van der Waals surface area contributed by atoms with E-state index >= 15 is 0 Å². The second kappa shape index (κ2) is 8.95. The topological polar surface area (TPSA) is 124 Å². The largest absolute Gasteiger partial charge is 0.394 e. The third-order valence-electron chi connectivity index (χ3n) is 3.96. The van der Waals surface area contributed by atoms with Crippen LogP contribution in [-0.2, 0) is 22.7 Å². The van der Waals surface area contributed by atoms with E-state index in [0.29, 0.717) is 6.54 Å². The summed E-state index contributed by atoms with van der Waals surface area (Å²) in [5.74, 6) is -1.09. The van der Waals surface area contributed by atoms with Crippen molar-refractivity contribution in [2.45, 2.75) is 26.1 Å². The van der Waals surface area contributed by atoms with Gasteiger partial charge in [-0.3, -0.25) is 23.9 Å². The van der Waals surface area contributed by atoms with E-state index in [1.807, 2.05) is 30.3 Å². The molecule has 27 heavy (non-hydrogen) atoms. The highest BCUT2D eigenvalue weighted by Gasteiger charge is 2.23. The van der Waals surface area contributed by atoms with Crippen molar-refractivity contribution in [1.29, 1.82) is 0 Å². The number of carbonyl (C=O) groups excluding carboxylic acids is 2. The molecule has 0 aliphatic rings. The number of likely N-dealkylation sites (N-methyl/N-ethyl adjacent to an activating group) is 1. The van der Waals surface area contributed by atoms with E-state index in [9.17, 15) is 24.3 Å². The number of aromatic amines is 1. The molecule has 0 aliphatic heterocycles. The fraction of sp³-hybridized carbons (Fsp3) is 0.333. The number of aromatic nitrogens is 2. The number of rotatable bonds is 7. The van der Waals surface area contributed by atoms with Crippen LogP contribution in [0.2, 0.25) is 0 Å². The van der Waals surface area contributed by atoms with E-state index in [4.69, 9.17) is 0 Å². The Bertz CT molecular complexity index is 919. The standard InChI is InChI=1S/C18H22N4O5/c1-12-8-22(18(27)20-16(12)25)10-15(24)19-14(11-23)17(26)21(2)9-13-6-4-3-5-7-13/h3-8,14,23H,9-11H2,1-2H3,(H,19,24)(H,20,25,27)/t14-/m0/s1. The Morgan fingerprint density at radius 3 is 2.56 bits per heavy atom. The second-order valence-corrected chi connectivity index (χ2v) is 6.18. The number of H-pyrrole nitrogens is 1. The van der Waals surface area contributed by atoms with Gasteiger partial charge in [0.15, 0.2) is 0 Å². The fourth-order valence-electron chi connectivity index (χ4n) is 2.52. The molecular weight excluding hydrogens is 352 g/mol. The smallest absolute Gasteiger partial charge is 0.328 e. The predicted molar refractivity (Wildman–Crippen MR) is 98.0 cm³/mol. The van der Waals surface area contributed by atoms with Gasteiger partial charge in [-0.05, 0) is 12.5 Å². The first-order chi connectivity index (χ1) is 12.8. The van der Waals surface area contributed by atoms with Crippen LogP contribution in [0.3, 0.4) is 0 Å². The van der Waals surface area contributed by atoms with Crippen LogP contribution in [0, 0.1) is 6.92 Å². The zero-order valence-electron chi connectivity index (χ0n) is 15.1. The molecule has 144 valence electrons. The molecule has 0 unspecified atom stereocenters. The summed E-state index contributed by atoms with van der Waals surface area (Å²) in [4.78, 5) is 51.2. The molecule has 0 bridgehead atoms. The van der Waals surface area contributed by atoms with Crippen molar-refractivity contribution >= 4 is 11.8 Å². The maximum Gasteiger partial charge on any atom is 0.328 e. The average molecular weight is 374 g/mol. The Morgan fingerprint density at radius 2 is 1.93 bits per heavy atom. The van der Waals surface area contributed by atoms with Crippen LogP contribution < -0.4 is 16.6 Å². The van der Waals surface area contributed by atoms with Gasteiger partial charge in [-0.25, -0.2) is 4.79 Å². The third kappa shape index (κ3) is 5.38. The Balaban J connectivity index is 2.01. The van der Waals surface area contributed by atoms with Crippen molar-refractivity contribution in [2.75, 3.05) is 13.7 Å². The highest BCUT2D eigenvalue weighted by Crippen LogP contribution is 2.04. The summed E-state index contributed by atoms with van der Waals surface area (Å²) in [5, 5.41) is 11.9. The number of aliphatic hydroxyl groups excluding tert-OH is 1. The summed E-state index contributed by atoms with van der Waals surface area (Å²) in [5.41, 5.74) is -0.0668. The van der Waals surface area contributed by atoms with Crippen LogP contribution in [0.5, 0.6) is 0 Å². The van der Waals surface area contributed by atoms with E-state index in [0.717, 1.165) is 10.1 Å². The maximum absolute atomic E-state index is 12.5. The van der Waals surface area contributed by atoms with Gasteiger partial charge in [-0.1, -0.05) is 30.3 Å². The number of nitrogens with zero attached hydrogens (tertiary/aromatic N) is 2. The van der Waals surface area contributed by atoms with E-state index < -0.39 is 35.7 Å². The molecule has 1 heterocycles. The summed E-state index contributed by atoms with van der Waals surface area (Å²) >= 11 is 0. The number of aryl methyl sites for hydroxylation is 1. The Morgan fingerprint density at radius 1 is 1.26 bits per heavy atom. The number of aliphatic hydroxyl groups is 1. The molecule has 9 nitrogen and oxygen atoms in total. The van der Waals surface area contributed by atoms with Crippen molar-refractivity contribution in [1.82, 2.24) is 19.8 Å². The molecular formula is C18H22N4O5. The molecule has 0 saturated heterocycles. The van der Waals surface area contributed by atoms with Crippen molar-refractivity contribution in [3.05, 3.63) is 68.5 Å². The maximum atomic E-state index is 12.5. The van der Waals surface area contributed by atoms with Gasteiger partial charge in [-0.15, -0.1) is 0 Å². The van der Waals surface area contributed by atoms with E-state index in [-0.39, 0.29) is 12.1 Å². The van der Waals surface area contributed by atoms with Crippen molar-refractivity contribution in [2.24, 2.45) is 0 Å². The van der Waals surface area contributed by atoms with Crippen molar-refractivity contribution in [3.8, 4) is 0 Å². The van der Waals surface area contributed by atoms with Crippen LogP contribution in [0.15, 0.2) is 46.1 Å². The predicted octanol–water partition coefficient (Wildman–Crippen LogP) is -1.02. The molecule has 9 heteroatoms. The van der Waals surface area contributed by atoms with E-state index in [1.165, 1.54) is 18.0 Å². The number of carbonyl (C=O) groups is 2. The Labute approximate surface area is 155 Å². The number of hydrogen-bond donors (Lipinski definition) is 3. The molecule has 2 rings (SSSR count). The van der Waals surface area contributed by atoms with Gasteiger partial charge in [0.05, 0.1) is 6.61 Å². The van der Waals surface area contributed by atoms with Gasteiger partial charge in [0.2, 0.25) is 11.8 Å². The minimum Gasteiger partial charge on any atom is -0.394 e. The number of amides is 2. The lowest BCUT2D eigenvalue weighted by atomic mass is 10.2. The average Bonchev–Trinajstić information content (AvgIpc) is 2.64. The monoisotopic (exact) mass is 374 g/mol. The summed E-state index contributed by atoms with van der Waals surface area (Å²) < 4.78 is 1.03. The van der Waals surface area contributed by atoms with E-state index in [2.05, 4.69) is 10.3 Å². The van der Waals surface area contributed by atoms with Gasteiger partial charge in [0.25, 0.3) is 5.56 Å². The molecule has 0 aliphatic carbocycles. The summed E-state index contributed by atoms with van der Waals surface area (Å²) in [6.07, 6.45) is 1.26. The zero-order valence-corrected chi connectivity index (χ0v) is 15.1. The Hall–Kier alpha value is -3.20. The SMILES string of the molecule is Cc1cn(CC(=O)N[C@@H](CO)C(=O)N(C)Cc2ccccc2)c(=O)[nH]c1=O. The lowest BCUT2D eigenvalue weighted by molar-refractivity contribution is -0.137. The zero-order chi connectivity index (χ0) is 20.0. The quantitative estimate of drug-likeness (QED) is 0.572. The molecule has 1 atom stereocenters. The number of nitrogens with one attached hydrogen (secondary N) is 2. The number of hydrogen-bond acceptors (Lipinski definition) is 5. The van der Waals surface area contributed by atoms with Crippen LogP contribution in [0.25, 0.3) is 0 Å². The van der Waals surface area contributed by atoms with Crippen molar-refractivity contribution < 1.29 is 14.7 Å². The van der Waals surface area contributed by atoms with E-state index in [1.54, 1.807) is 7.05 Å². The molecule has 2 aromatic rings. The molecule has 1 aromatic carbocycles. The second-order valence-electron chi connectivity index (χ2n) is 6.18. The molecule has 0 fully saturated rings. The van der Waals surface area contributed by atoms with Crippen molar-refractivity contribution in [3.63, 3.8) is 0 Å². The highest BCUT2D eigenvalue weighted by molar-refractivity contribution is 5.87. The molecule has 0 saturated carbocycles. The minimum atomic E-state index is -1.13. The number of benzene rings is 1. The minimum absolute atomic E-state index is 0.278. The fourth-order valence-corrected chi connectivity index (χ4v) is 2.52. The summed E-state index contributed by atoms with van der Waals surface area (Å²) in [7, 11) is 1.57. The normalized spacial score (nSPS) is 11.7. The Kier molecular flexibility index (Phi) is 6.67. The summed E-state index contributed by atoms with van der Waals surface area (Å²) in [6.45, 7) is 0.863.